The van der Waals surface area contributed by atoms with Crippen LogP contribution in [-0.2, 0) is 22.8 Å². The maximum Gasteiger partial charge on any atom is 0.154 e. The van der Waals surface area contributed by atoms with Gasteiger partial charge in [0.1, 0.15) is 5.82 Å². The Labute approximate surface area is 100 Å². The highest BCUT2D eigenvalue weighted by Crippen LogP contribution is 2.30. The van der Waals surface area contributed by atoms with Crippen molar-refractivity contribution < 1.29 is 8.42 Å². The van der Waals surface area contributed by atoms with Crippen molar-refractivity contribution in [3.05, 3.63) is 11.3 Å². The smallest absolute Gasteiger partial charge is 0.154 e. The third-order valence-corrected chi connectivity index (χ3v) is 5.32. The summed E-state index contributed by atoms with van der Waals surface area (Å²) in [4.78, 5) is 2.19. The standard InChI is InChI=1S/C10H16N4O2S/c1-13-3-2-8-9(4-13)12-14(10(8)11)7-5-17(15,16)6-7/h7H,2-6,11H2,1H3. The van der Waals surface area contributed by atoms with E-state index in [9.17, 15) is 8.42 Å². The zero-order chi connectivity index (χ0) is 12.2. The number of likely N-dealkylation sites (N-methyl/N-ethyl adjacent to an activating group) is 1. The van der Waals surface area contributed by atoms with E-state index in [1.165, 1.54) is 0 Å². The molecule has 3 heterocycles. The molecule has 0 atom stereocenters. The fourth-order valence-corrected chi connectivity index (χ4v) is 3.88. The van der Waals surface area contributed by atoms with Gasteiger partial charge in [-0.3, -0.25) is 0 Å². The van der Waals surface area contributed by atoms with Crippen LogP contribution in [0.1, 0.15) is 17.3 Å². The molecule has 1 saturated heterocycles. The summed E-state index contributed by atoms with van der Waals surface area (Å²) >= 11 is 0. The predicted molar refractivity (Wildman–Crippen MR) is 64.4 cm³/mol. The van der Waals surface area contributed by atoms with Crippen molar-refractivity contribution in [2.45, 2.75) is 19.0 Å². The summed E-state index contributed by atoms with van der Waals surface area (Å²) in [5, 5.41) is 4.47. The Morgan fingerprint density at radius 2 is 2.12 bits per heavy atom. The van der Waals surface area contributed by atoms with Gasteiger partial charge < -0.3 is 10.6 Å². The summed E-state index contributed by atoms with van der Waals surface area (Å²) in [5.74, 6) is 1.01. The van der Waals surface area contributed by atoms with Crippen LogP contribution in [-0.4, -0.2) is 48.2 Å². The second kappa shape index (κ2) is 3.46. The van der Waals surface area contributed by atoms with Gasteiger partial charge in [0.15, 0.2) is 9.84 Å². The normalized spacial score (nSPS) is 24.3. The molecule has 0 aliphatic carbocycles. The van der Waals surface area contributed by atoms with Crippen LogP contribution in [0.15, 0.2) is 0 Å². The lowest BCUT2D eigenvalue weighted by molar-refractivity contribution is 0.307. The summed E-state index contributed by atoms with van der Waals surface area (Å²) in [5.41, 5.74) is 8.16. The van der Waals surface area contributed by atoms with Gasteiger partial charge in [-0.25, -0.2) is 13.1 Å². The molecule has 17 heavy (non-hydrogen) atoms. The van der Waals surface area contributed by atoms with Crippen molar-refractivity contribution in [2.75, 3.05) is 30.8 Å². The van der Waals surface area contributed by atoms with E-state index < -0.39 is 9.84 Å². The van der Waals surface area contributed by atoms with Crippen LogP contribution in [0.2, 0.25) is 0 Å². The van der Waals surface area contributed by atoms with Crippen LogP contribution in [0.3, 0.4) is 0 Å². The highest BCUT2D eigenvalue weighted by atomic mass is 32.2. The monoisotopic (exact) mass is 256 g/mol. The molecule has 0 radical (unpaired) electrons. The van der Waals surface area contributed by atoms with Gasteiger partial charge in [0.2, 0.25) is 0 Å². The molecule has 0 bridgehead atoms. The Hall–Kier alpha value is -1.08. The molecular formula is C10H16N4O2S. The second-order valence-electron chi connectivity index (χ2n) is 4.97. The molecule has 3 rings (SSSR count). The minimum absolute atomic E-state index is 0.0593. The van der Waals surface area contributed by atoms with Crippen LogP contribution in [0.25, 0.3) is 0 Å². The Morgan fingerprint density at radius 1 is 1.41 bits per heavy atom. The molecule has 0 amide bonds. The van der Waals surface area contributed by atoms with Crippen LogP contribution in [0.4, 0.5) is 5.82 Å². The van der Waals surface area contributed by atoms with Crippen molar-refractivity contribution in [1.82, 2.24) is 14.7 Å². The van der Waals surface area contributed by atoms with Crippen molar-refractivity contribution in [3.63, 3.8) is 0 Å². The SMILES string of the molecule is CN1CCc2c(nn(C3CS(=O)(=O)C3)c2N)C1. The Bertz CT molecular complexity index is 551. The zero-order valence-electron chi connectivity index (χ0n) is 9.76. The Balaban J connectivity index is 1.92. The molecule has 0 aromatic carbocycles. The Kier molecular flexibility index (Phi) is 2.24. The molecule has 0 spiro atoms. The summed E-state index contributed by atoms with van der Waals surface area (Å²) in [6.45, 7) is 1.78. The third-order valence-electron chi connectivity index (χ3n) is 3.53. The van der Waals surface area contributed by atoms with E-state index in [4.69, 9.17) is 5.73 Å². The van der Waals surface area contributed by atoms with E-state index in [1.54, 1.807) is 4.68 Å². The molecule has 7 heteroatoms. The largest absolute Gasteiger partial charge is 0.384 e. The van der Waals surface area contributed by atoms with Crippen LogP contribution < -0.4 is 5.73 Å². The predicted octanol–water partition coefficient (Wildman–Crippen LogP) is -0.577. The topological polar surface area (TPSA) is 81.2 Å². The number of hydrogen-bond acceptors (Lipinski definition) is 5. The zero-order valence-corrected chi connectivity index (χ0v) is 10.6. The minimum Gasteiger partial charge on any atom is -0.384 e. The van der Waals surface area contributed by atoms with E-state index in [0.29, 0.717) is 5.82 Å². The van der Waals surface area contributed by atoms with E-state index in [0.717, 1.165) is 30.8 Å². The maximum atomic E-state index is 11.2. The fourth-order valence-electron chi connectivity index (χ4n) is 2.52. The number of hydrogen-bond donors (Lipinski definition) is 1. The molecule has 2 aliphatic rings. The highest BCUT2D eigenvalue weighted by molar-refractivity contribution is 7.92. The quantitative estimate of drug-likeness (QED) is 0.727. The van der Waals surface area contributed by atoms with Crippen LogP contribution in [0, 0.1) is 0 Å². The van der Waals surface area contributed by atoms with Gasteiger partial charge in [-0.15, -0.1) is 0 Å². The minimum atomic E-state index is -2.83. The molecule has 1 aromatic heterocycles. The van der Waals surface area contributed by atoms with Gasteiger partial charge in [0.25, 0.3) is 0 Å². The number of fused-ring (bicyclic) bond motifs is 1. The molecule has 0 unspecified atom stereocenters. The molecule has 1 aromatic rings. The van der Waals surface area contributed by atoms with E-state index >= 15 is 0 Å². The van der Waals surface area contributed by atoms with Gasteiger partial charge in [0.05, 0.1) is 23.2 Å². The first-order valence-corrected chi connectivity index (χ1v) is 7.53. The van der Waals surface area contributed by atoms with Crippen molar-refractivity contribution >= 4 is 15.7 Å². The molecule has 94 valence electrons. The highest BCUT2D eigenvalue weighted by Gasteiger charge is 2.37. The summed E-state index contributed by atoms with van der Waals surface area (Å²) in [7, 11) is -0.787. The van der Waals surface area contributed by atoms with Gasteiger partial charge in [-0.1, -0.05) is 0 Å². The van der Waals surface area contributed by atoms with Gasteiger partial charge >= 0.3 is 0 Å². The molecular weight excluding hydrogens is 240 g/mol. The number of anilines is 1. The van der Waals surface area contributed by atoms with E-state index in [1.807, 2.05) is 7.05 Å². The Morgan fingerprint density at radius 3 is 2.76 bits per heavy atom. The second-order valence-corrected chi connectivity index (χ2v) is 7.13. The average Bonchev–Trinajstić information content (AvgIpc) is 2.51. The van der Waals surface area contributed by atoms with Gasteiger partial charge in [0, 0.05) is 18.7 Å². The molecule has 2 N–H and O–H groups in total. The summed E-state index contributed by atoms with van der Waals surface area (Å²) in [6, 6.07) is -0.0593. The molecule has 0 saturated carbocycles. The third kappa shape index (κ3) is 1.73. The fraction of sp³-hybridized carbons (Fsp3) is 0.700. The van der Waals surface area contributed by atoms with Crippen molar-refractivity contribution in [3.8, 4) is 0 Å². The van der Waals surface area contributed by atoms with Crippen LogP contribution >= 0.6 is 0 Å². The summed E-state index contributed by atoms with van der Waals surface area (Å²) < 4.78 is 24.1. The lowest BCUT2D eigenvalue weighted by Gasteiger charge is -2.26. The van der Waals surface area contributed by atoms with E-state index in [2.05, 4.69) is 10.00 Å². The lowest BCUT2D eigenvalue weighted by atomic mass is 10.1. The van der Waals surface area contributed by atoms with Crippen LogP contribution in [0.5, 0.6) is 0 Å². The number of rotatable bonds is 1. The number of sulfone groups is 1. The average molecular weight is 256 g/mol. The maximum absolute atomic E-state index is 11.2. The first-order valence-electron chi connectivity index (χ1n) is 5.71. The lowest BCUT2D eigenvalue weighted by Crippen LogP contribution is -2.39. The number of nitrogen functional groups attached to an aromatic ring is 1. The first kappa shape index (κ1) is 11.0. The van der Waals surface area contributed by atoms with Crippen molar-refractivity contribution in [2.24, 2.45) is 0 Å². The number of nitrogens with two attached hydrogens (primary N) is 1. The van der Waals surface area contributed by atoms with E-state index in [-0.39, 0.29) is 17.5 Å². The van der Waals surface area contributed by atoms with Crippen molar-refractivity contribution in [1.29, 1.82) is 0 Å². The first-order chi connectivity index (χ1) is 7.96. The summed E-state index contributed by atoms with van der Waals surface area (Å²) in [6.07, 6.45) is 0.900. The molecule has 1 fully saturated rings. The number of aromatic nitrogens is 2. The number of nitrogens with zero attached hydrogens (tertiary/aromatic N) is 3. The molecule has 6 nitrogen and oxygen atoms in total. The van der Waals surface area contributed by atoms with Gasteiger partial charge in [-0.05, 0) is 13.5 Å². The molecule has 2 aliphatic heterocycles. The van der Waals surface area contributed by atoms with Gasteiger partial charge in [-0.2, -0.15) is 5.10 Å².